The molecule has 21 heavy (non-hydrogen) atoms. The first-order chi connectivity index (χ1) is 10.1. The highest BCUT2D eigenvalue weighted by atomic mass is 32.2. The molecule has 0 amide bonds. The molecule has 0 aromatic heterocycles. The molecular formula is C15H17NO3S2. The van der Waals surface area contributed by atoms with Crippen LogP contribution in [0.15, 0.2) is 58.3 Å². The molecule has 0 saturated heterocycles. The van der Waals surface area contributed by atoms with Gasteiger partial charge in [0.05, 0.1) is 17.7 Å². The lowest BCUT2D eigenvalue weighted by atomic mass is 10.3. The highest BCUT2D eigenvalue weighted by Gasteiger charge is 2.15. The molecule has 6 heteroatoms. The number of methoxy groups -OCH3 is 1. The van der Waals surface area contributed by atoms with Crippen LogP contribution in [-0.2, 0) is 10.0 Å². The van der Waals surface area contributed by atoms with Crippen molar-refractivity contribution in [3.05, 3.63) is 48.5 Å². The summed E-state index contributed by atoms with van der Waals surface area (Å²) in [5.41, 5.74) is 0.597. The second kappa shape index (κ2) is 6.87. The lowest BCUT2D eigenvalue weighted by molar-refractivity contribution is 0.414. The molecule has 0 saturated carbocycles. The first-order valence-electron chi connectivity index (χ1n) is 6.45. The Labute approximate surface area is 129 Å². The number of ether oxygens (including phenoxy) is 1. The van der Waals surface area contributed by atoms with E-state index in [1.165, 1.54) is 12.1 Å². The Morgan fingerprint density at radius 1 is 1.10 bits per heavy atom. The van der Waals surface area contributed by atoms with Crippen molar-refractivity contribution in [1.29, 1.82) is 0 Å². The Morgan fingerprint density at radius 3 is 2.38 bits per heavy atom. The molecular weight excluding hydrogens is 306 g/mol. The molecule has 0 unspecified atom stereocenters. The van der Waals surface area contributed by atoms with Gasteiger partial charge in [0.15, 0.2) is 0 Å². The SMILES string of the molecule is CCSc1ccccc1NS(=O)(=O)c1ccc(OC)cc1. The molecule has 0 aliphatic carbocycles. The summed E-state index contributed by atoms with van der Waals surface area (Å²) in [7, 11) is -2.06. The zero-order valence-electron chi connectivity index (χ0n) is 11.9. The zero-order valence-corrected chi connectivity index (χ0v) is 13.5. The zero-order chi connectivity index (χ0) is 15.3. The first kappa shape index (κ1) is 15.7. The third-order valence-corrected chi connectivity index (χ3v) is 5.14. The lowest BCUT2D eigenvalue weighted by Gasteiger charge is -2.12. The summed E-state index contributed by atoms with van der Waals surface area (Å²) in [4.78, 5) is 1.12. The normalized spacial score (nSPS) is 11.1. The highest BCUT2D eigenvalue weighted by molar-refractivity contribution is 7.99. The van der Waals surface area contributed by atoms with Crippen LogP contribution in [0.4, 0.5) is 5.69 Å². The van der Waals surface area contributed by atoms with Gasteiger partial charge in [-0.25, -0.2) is 8.42 Å². The predicted molar refractivity (Wildman–Crippen MR) is 86.6 cm³/mol. The topological polar surface area (TPSA) is 55.4 Å². The number of hydrogen-bond donors (Lipinski definition) is 1. The van der Waals surface area contributed by atoms with Gasteiger partial charge in [0.1, 0.15) is 5.75 Å². The van der Waals surface area contributed by atoms with Crippen molar-refractivity contribution in [3.8, 4) is 5.75 Å². The van der Waals surface area contributed by atoms with E-state index in [9.17, 15) is 8.42 Å². The van der Waals surface area contributed by atoms with Crippen molar-refractivity contribution in [2.75, 3.05) is 17.6 Å². The molecule has 0 aliphatic heterocycles. The number of nitrogens with one attached hydrogen (secondary N) is 1. The van der Waals surface area contributed by atoms with Crippen LogP contribution >= 0.6 is 11.8 Å². The molecule has 0 spiro atoms. The van der Waals surface area contributed by atoms with Gasteiger partial charge >= 0.3 is 0 Å². The van der Waals surface area contributed by atoms with Crippen molar-refractivity contribution in [1.82, 2.24) is 0 Å². The predicted octanol–water partition coefficient (Wildman–Crippen LogP) is 3.61. The number of benzene rings is 2. The van der Waals surface area contributed by atoms with Crippen molar-refractivity contribution >= 4 is 27.5 Å². The van der Waals surface area contributed by atoms with E-state index in [0.29, 0.717) is 11.4 Å². The molecule has 0 heterocycles. The maximum Gasteiger partial charge on any atom is 0.261 e. The number of para-hydroxylation sites is 1. The quantitative estimate of drug-likeness (QED) is 0.825. The molecule has 112 valence electrons. The van der Waals surface area contributed by atoms with Crippen LogP contribution < -0.4 is 9.46 Å². The fraction of sp³-hybridized carbons (Fsp3) is 0.200. The van der Waals surface area contributed by atoms with Gasteiger partial charge in [-0.1, -0.05) is 19.1 Å². The van der Waals surface area contributed by atoms with Crippen LogP contribution in [0.25, 0.3) is 0 Å². The Bertz CT molecular complexity index is 697. The van der Waals surface area contributed by atoms with Crippen molar-refractivity contribution < 1.29 is 13.2 Å². The second-order valence-electron chi connectivity index (χ2n) is 4.21. The van der Waals surface area contributed by atoms with Crippen LogP contribution in [0.3, 0.4) is 0 Å². The van der Waals surface area contributed by atoms with Gasteiger partial charge < -0.3 is 4.74 Å². The van der Waals surface area contributed by atoms with Gasteiger partial charge in [-0.05, 0) is 42.2 Å². The molecule has 0 aliphatic rings. The van der Waals surface area contributed by atoms with Gasteiger partial charge in [0, 0.05) is 4.90 Å². The van der Waals surface area contributed by atoms with E-state index in [-0.39, 0.29) is 4.90 Å². The van der Waals surface area contributed by atoms with Crippen molar-refractivity contribution in [2.45, 2.75) is 16.7 Å². The van der Waals surface area contributed by atoms with Gasteiger partial charge in [-0.2, -0.15) is 0 Å². The Kier molecular flexibility index (Phi) is 5.14. The molecule has 2 rings (SSSR count). The van der Waals surface area contributed by atoms with Crippen LogP contribution in [0.1, 0.15) is 6.92 Å². The van der Waals surface area contributed by atoms with Gasteiger partial charge in [-0.15, -0.1) is 11.8 Å². The monoisotopic (exact) mass is 323 g/mol. The average Bonchev–Trinajstić information content (AvgIpc) is 2.49. The number of hydrogen-bond acceptors (Lipinski definition) is 4. The molecule has 4 nitrogen and oxygen atoms in total. The Balaban J connectivity index is 2.28. The minimum Gasteiger partial charge on any atom is -0.497 e. The molecule has 0 bridgehead atoms. The van der Waals surface area contributed by atoms with Crippen molar-refractivity contribution in [2.24, 2.45) is 0 Å². The minimum atomic E-state index is -3.60. The summed E-state index contributed by atoms with van der Waals surface area (Å²) in [6, 6.07) is 13.7. The summed E-state index contributed by atoms with van der Waals surface area (Å²) in [6.07, 6.45) is 0. The van der Waals surface area contributed by atoms with Gasteiger partial charge in [0.25, 0.3) is 10.0 Å². The largest absolute Gasteiger partial charge is 0.497 e. The highest BCUT2D eigenvalue weighted by Crippen LogP contribution is 2.28. The second-order valence-corrected chi connectivity index (χ2v) is 7.20. The number of anilines is 1. The van der Waals surface area contributed by atoms with Gasteiger partial charge in [-0.3, -0.25) is 4.72 Å². The molecule has 0 atom stereocenters. The standard InChI is InChI=1S/C15H17NO3S2/c1-3-20-15-7-5-4-6-14(15)16-21(17,18)13-10-8-12(19-2)9-11-13/h4-11,16H,3H2,1-2H3. The molecule has 2 aromatic rings. The Hall–Kier alpha value is -1.66. The maximum absolute atomic E-state index is 12.4. The minimum absolute atomic E-state index is 0.208. The summed E-state index contributed by atoms with van der Waals surface area (Å²) in [5, 5.41) is 0. The lowest BCUT2D eigenvalue weighted by Crippen LogP contribution is -2.13. The van der Waals surface area contributed by atoms with E-state index < -0.39 is 10.0 Å². The van der Waals surface area contributed by atoms with E-state index in [2.05, 4.69) is 4.72 Å². The van der Waals surface area contributed by atoms with Crippen LogP contribution in [0.2, 0.25) is 0 Å². The molecule has 2 aromatic carbocycles. The van der Waals surface area contributed by atoms with Crippen LogP contribution in [0.5, 0.6) is 5.75 Å². The van der Waals surface area contributed by atoms with E-state index in [1.807, 2.05) is 25.1 Å². The maximum atomic E-state index is 12.4. The fourth-order valence-electron chi connectivity index (χ4n) is 1.79. The number of thioether (sulfide) groups is 1. The molecule has 0 fully saturated rings. The third-order valence-electron chi connectivity index (χ3n) is 2.80. The average molecular weight is 323 g/mol. The smallest absolute Gasteiger partial charge is 0.261 e. The Morgan fingerprint density at radius 2 is 1.76 bits per heavy atom. The van der Waals surface area contributed by atoms with E-state index in [4.69, 9.17) is 4.74 Å². The summed E-state index contributed by atoms with van der Waals surface area (Å²) in [5.74, 6) is 1.50. The van der Waals surface area contributed by atoms with Crippen LogP contribution in [0, 0.1) is 0 Å². The number of rotatable bonds is 6. The third kappa shape index (κ3) is 3.92. The number of sulfonamides is 1. The van der Waals surface area contributed by atoms with Gasteiger partial charge in [0.2, 0.25) is 0 Å². The summed E-state index contributed by atoms with van der Waals surface area (Å²) in [6.45, 7) is 2.03. The summed E-state index contributed by atoms with van der Waals surface area (Å²) < 4.78 is 32.5. The first-order valence-corrected chi connectivity index (χ1v) is 8.92. The van der Waals surface area contributed by atoms with E-state index >= 15 is 0 Å². The molecule has 1 N–H and O–H groups in total. The van der Waals surface area contributed by atoms with Crippen molar-refractivity contribution in [3.63, 3.8) is 0 Å². The van der Waals surface area contributed by atoms with E-state index in [0.717, 1.165) is 10.6 Å². The molecule has 0 radical (unpaired) electrons. The fourth-order valence-corrected chi connectivity index (χ4v) is 3.70. The summed E-state index contributed by atoms with van der Waals surface area (Å²) >= 11 is 1.60. The van der Waals surface area contributed by atoms with Crippen LogP contribution in [-0.4, -0.2) is 21.3 Å². The van der Waals surface area contributed by atoms with E-state index in [1.54, 1.807) is 37.1 Å².